The fourth-order valence-electron chi connectivity index (χ4n) is 2.17. The van der Waals surface area contributed by atoms with Crippen molar-refractivity contribution in [3.05, 3.63) is 23.3 Å². The molecule has 94 valence electrons. The molecule has 4 nitrogen and oxygen atoms in total. The Bertz CT molecular complexity index is 406. The van der Waals surface area contributed by atoms with Gasteiger partial charge in [0.2, 0.25) is 0 Å². The van der Waals surface area contributed by atoms with Crippen molar-refractivity contribution in [1.82, 2.24) is 0 Å². The SMILES string of the molecule is CCC(C)C1(C(=O)O)C=CC(C)=C(C(=O)O)C1. The molecule has 0 fully saturated rings. The molecule has 2 N–H and O–H groups in total. The van der Waals surface area contributed by atoms with E-state index in [9.17, 15) is 14.7 Å². The lowest BCUT2D eigenvalue weighted by molar-refractivity contribution is -0.149. The maximum absolute atomic E-state index is 11.5. The predicted octanol–water partition coefficient (Wildman–Crippen LogP) is 2.46. The summed E-state index contributed by atoms with van der Waals surface area (Å²) in [6.45, 7) is 5.45. The molecule has 2 atom stereocenters. The van der Waals surface area contributed by atoms with E-state index in [1.807, 2.05) is 13.8 Å². The summed E-state index contributed by atoms with van der Waals surface area (Å²) in [5.41, 5.74) is -0.241. The van der Waals surface area contributed by atoms with Gasteiger partial charge >= 0.3 is 11.9 Å². The fourth-order valence-corrected chi connectivity index (χ4v) is 2.17. The van der Waals surface area contributed by atoms with E-state index < -0.39 is 17.4 Å². The molecule has 0 saturated heterocycles. The molecule has 4 heteroatoms. The summed E-state index contributed by atoms with van der Waals surface area (Å²) in [6.07, 6.45) is 4.02. The molecule has 0 heterocycles. The Morgan fingerprint density at radius 1 is 1.47 bits per heavy atom. The third-order valence-electron chi connectivity index (χ3n) is 3.72. The molecular formula is C13H18O4. The first kappa shape index (κ1) is 13.5. The van der Waals surface area contributed by atoms with Gasteiger partial charge < -0.3 is 10.2 Å². The van der Waals surface area contributed by atoms with E-state index in [2.05, 4.69) is 0 Å². The molecule has 0 saturated carbocycles. The van der Waals surface area contributed by atoms with E-state index in [-0.39, 0.29) is 17.9 Å². The first-order valence-electron chi connectivity index (χ1n) is 5.70. The average molecular weight is 238 g/mol. The minimum atomic E-state index is -1.08. The van der Waals surface area contributed by atoms with Crippen LogP contribution in [0.1, 0.15) is 33.6 Å². The zero-order valence-corrected chi connectivity index (χ0v) is 10.4. The smallest absolute Gasteiger partial charge is 0.331 e. The van der Waals surface area contributed by atoms with Gasteiger partial charge in [0.15, 0.2) is 0 Å². The van der Waals surface area contributed by atoms with Gasteiger partial charge in [0.05, 0.1) is 5.41 Å². The standard InChI is InChI=1S/C13H18O4/c1-4-9(3)13(12(16)17)6-5-8(2)10(7-13)11(14)15/h5-6,9H,4,7H2,1-3H3,(H,14,15)(H,16,17). The van der Waals surface area contributed by atoms with Crippen LogP contribution in [0.25, 0.3) is 0 Å². The maximum Gasteiger partial charge on any atom is 0.331 e. The third-order valence-corrected chi connectivity index (χ3v) is 3.72. The van der Waals surface area contributed by atoms with E-state index in [1.165, 1.54) is 0 Å². The van der Waals surface area contributed by atoms with Crippen LogP contribution in [-0.4, -0.2) is 22.2 Å². The molecule has 0 aliphatic heterocycles. The average Bonchev–Trinajstić information content (AvgIpc) is 2.28. The zero-order chi connectivity index (χ0) is 13.2. The van der Waals surface area contributed by atoms with Gasteiger partial charge in [-0.3, -0.25) is 4.79 Å². The van der Waals surface area contributed by atoms with Crippen LogP contribution >= 0.6 is 0 Å². The highest BCUT2D eigenvalue weighted by Crippen LogP contribution is 2.42. The normalized spacial score (nSPS) is 25.8. The van der Waals surface area contributed by atoms with Crippen LogP contribution in [0.15, 0.2) is 23.3 Å². The molecule has 0 aromatic carbocycles. The van der Waals surface area contributed by atoms with Gasteiger partial charge in [-0.25, -0.2) is 4.79 Å². The van der Waals surface area contributed by atoms with E-state index in [0.29, 0.717) is 12.0 Å². The summed E-state index contributed by atoms with van der Waals surface area (Å²) < 4.78 is 0. The van der Waals surface area contributed by atoms with Crippen molar-refractivity contribution in [1.29, 1.82) is 0 Å². The first-order chi connectivity index (χ1) is 7.85. The molecule has 0 bridgehead atoms. The van der Waals surface area contributed by atoms with Gasteiger partial charge in [0.1, 0.15) is 0 Å². The number of hydrogen-bond acceptors (Lipinski definition) is 2. The second-order valence-corrected chi connectivity index (χ2v) is 4.63. The van der Waals surface area contributed by atoms with Crippen LogP contribution in [0, 0.1) is 11.3 Å². The highest BCUT2D eigenvalue weighted by atomic mass is 16.4. The highest BCUT2D eigenvalue weighted by molar-refractivity contribution is 5.91. The molecule has 0 radical (unpaired) electrons. The number of carbonyl (C=O) groups is 2. The Morgan fingerprint density at radius 3 is 2.47 bits per heavy atom. The molecule has 2 unspecified atom stereocenters. The Morgan fingerprint density at radius 2 is 2.06 bits per heavy atom. The minimum absolute atomic E-state index is 0.0645. The quantitative estimate of drug-likeness (QED) is 0.789. The van der Waals surface area contributed by atoms with Crippen LogP contribution in [0.2, 0.25) is 0 Å². The zero-order valence-electron chi connectivity index (χ0n) is 10.4. The van der Waals surface area contributed by atoms with E-state index in [4.69, 9.17) is 5.11 Å². The van der Waals surface area contributed by atoms with E-state index in [1.54, 1.807) is 19.1 Å². The lowest BCUT2D eigenvalue weighted by Gasteiger charge is -2.34. The van der Waals surface area contributed by atoms with Gasteiger partial charge in [-0.2, -0.15) is 0 Å². The number of hydrogen-bond donors (Lipinski definition) is 2. The number of rotatable bonds is 4. The van der Waals surface area contributed by atoms with E-state index in [0.717, 1.165) is 0 Å². The Balaban J connectivity index is 3.21. The topological polar surface area (TPSA) is 74.6 Å². The molecule has 0 amide bonds. The fraction of sp³-hybridized carbons (Fsp3) is 0.538. The molecule has 0 aromatic rings. The van der Waals surface area contributed by atoms with Crippen molar-refractivity contribution in [2.24, 2.45) is 11.3 Å². The van der Waals surface area contributed by atoms with Crippen molar-refractivity contribution in [2.45, 2.75) is 33.6 Å². The minimum Gasteiger partial charge on any atom is -0.481 e. The number of aliphatic carboxylic acids is 2. The molecular weight excluding hydrogens is 220 g/mol. The van der Waals surface area contributed by atoms with E-state index >= 15 is 0 Å². The van der Waals surface area contributed by atoms with Crippen molar-refractivity contribution in [3.63, 3.8) is 0 Å². The Kier molecular flexibility index (Phi) is 3.76. The summed E-state index contributed by atoms with van der Waals surface area (Å²) in [5, 5.41) is 18.5. The molecule has 1 aliphatic rings. The van der Waals surface area contributed by atoms with Gasteiger partial charge in [-0.1, -0.05) is 32.4 Å². The largest absolute Gasteiger partial charge is 0.481 e. The van der Waals surface area contributed by atoms with Crippen molar-refractivity contribution in [2.75, 3.05) is 0 Å². The monoisotopic (exact) mass is 238 g/mol. The summed E-state index contributed by atoms with van der Waals surface area (Å²) in [6, 6.07) is 0. The third kappa shape index (κ3) is 2.25. The summed E-state index contributed by atoms with van der Waals surface area (Å²) in [4.78, 5) is 22.6. The molecule has 0 aromatic heterocycles. The first-order valence-corrected chi connectivity index (χ1v) is 5.70. The van der Waals surface area contributed by atoms with Crippen molar-refractivity contribution >= 4 is 11.9 Å². The lowest BCUT2D eigenvalue weighted by atomic mass is 9.67. The van der Waals surface area contributed by atoms with Crippen LogP contribution in [0.4, 0.5) is 0 Å². The molecule has 0 spiro atoms. The Labute approximate surface area is 101 Å². The van der Waals surface area contributed by atoms with Crippen LogP contribution < -0.4 is 0 Å². The molecule has 17 heavy (non-hydrogen) atoms. The van der Waals surface area contributed by atoms with Crippen molar-refractivity contribution in [3.8, 4) is 0 Å². The summed E-state index contributed by atoms with van der Waals surface area (Å²) >= 11 is 0. The van der Waals surface area contributed by atoms with Gasteiger partial charge in [-0.05, 0) is 24.8 Å². The predicted molar refractivity (Wildman–Crippen MR) is 63.6 cm³/mol. The van der Waals surface area contributed by atoms with Crippen LogP contribution in [-0.2, 0) is 9.59 Å². The number of allylic oxidation sites excluding steroid dienone is 2. The van der Waals surface area contributed by atoms with Gasteiger partial charge in [0, 0.05) is 5.57 Å². The lowest BCUT2D eigenvalue weighted by Crippen LogP contribution is -2.38. The van der Waals surface area contributed by atoms with Crippen LogP contribution in [0.3, 0.4) is 0 Å². The summed E-state index contributed by atoms with van der Waals surface area (Å²) in [5.74, 6) is -2.08. The number of carboxylic acids is 2. The van der Waals surface area contributed by atoms with Crippen LogP contribution in [0.5, 0.6) is 0 Å². The van der Waals surface area contributed by atoms with Crippen molar-refractivity contribution < 1.29 is 19.8 Å². The highest BCUT2D eigenvalue weighted by Gasteiger charge is 2.44. The van der Waals surface area contributed by atoms with Gasteiger partial charge in [0.25, 0.3) is 0 Å². The van der Waals surface area contributed by atoms with Gasteiger partial charge in [-0.15, -0.1) is 0 Å². The second kappa shape index (κ2) is 4.73. The Hall–Kier alpha value is -1.58. The maximum atomic E-state index is 11.5. The summed E-state index contributed by atoms with van der Waals surface area (Å²) in [7, 11) is 0. The molecule has 1 rings (SSSR count). The molecule has 1 aliphatic carbocycles. The number of carboxylic acid groups (broad SMARTS) is 2. The second-order valence-electron chi connectivity index (χ2n) is 4.63.